The maximum atomic E-state index is 12.2. The number of hydrogen-bond donors (Lipinski definition) is 1. The molecule has 5 nitrogen and oxygen atoms in total. The SMILES string of the molecule is COc1ccccc1CN1C[C@H](C(=O)NCCSC)CCC1=O. The van der Waals surface area contributed by atoms with Crippen LogP contribution in [0.1, 0.15) is 18.4 Å². The van der Waals surface area contributed by atoms with E-state index in [1.54, 1.807) is 23.8 Å². The molecule has 1 aromatic rings. The molecule has 1 heterocycles. The van der Waals surface area contributed by atoms with E-state index in [-0.39, 0.29) is 17.7 Å². The molecule has 2 amide bonds. The summed E-state index contributed by atoms with van der Waals surface area (Å²) in [6, 6.07) is 7.67. The molecule has 1 aromatic carbocycles. The molecule has 2 rings (SSSR count). The second kappa shape index (κ2) is 8.82. The van der Waals surface area contributed by atoms with E-state index in [2.05, 4.69) is 5.32 Å². The third-order valence-electron chi connectivity index (χ3n) is 4.03. The van der Waals surface area contributed by atoms with Gasteiger partial charge in [-0.3, -0.25) is 9.59 Å². The van der Waals surface area contributed by atoms with Gasteiger partial charge in [0.1, 0.15) is 5.75 Å². The first-order valence-corrected chi connectivity index (χ1v) is 9.21. The highest BCUT2D eigenvalue weighted by Crippen LogP contribution is 2.24. The van der Waals surface area contributed by atoms with Crippen LogP contribution in [0, 0.1) is 5.92 Å². The van der Waals surface area contributed by atoms with E-state index in [1.807, 2.05) is 30.5 Å². The summed E-state index contributed by atoms with van der Waals surface area (Å²) >= 11 is 1.70. The lowest BCUT2D eigenvalue weighted by Gasteiger charge is -2.32. The lowest BCUT2D eigenvalue weighted by molar-refractivity contribution is -0.138. The molecule has 1 aliphatic rings. The van der Waals surface area contributed by atoms with Gasteiger partial charge in [-0.15, -0.1) is 0 Å². The molecule has 1 fully saturated rings. The summed E-state index contributed by atoms with van der Waals surface area (Å²) in [4.78, 5) is 26.2. The molecule has 1 atom stereocenters. The zero-order chi connectivity index (χ0) is 16.7. The van der Waals surface area contributed by atoms with Gasteiger partial charge in [0.2, 0.25) is 11.8 Å². The molecule has 23 heavy (non-hydrogen) atoms. The Bertz CT molecular complexity index is 550. The Morgan fingerprint density at radius 3 is 2.96 bits per heavy atom. The number of thioether (sulfide) groups is 1. The number of piperidine rings is 1. The Balaban J connectivity index is 1.98. The van der Waals surface area contributed by atoms with E-state index in [0.29, 0.717) is 32.5 Å². The van der Waals surface area contributed by atoms with Gasteiger partial charge in [-0.25, -0.2) is 0 Å². The maximum absolute atomic E-state index is 12.2. The minimum absolute atomic E-state index is 0.0524. The number of benzene rings is 1. The number of ether oxygens (including phenoxy) is 1. The molecule has 126 valence electrons. The van der Waals surface area contributed by atoms with E-state index in [1.165, 1.54) is 0 Å². The normalized spacial score (nSPS) is 17.9. The van der Waals surface area contributed by atoms with Gasteiger partial charge in [0, 0.05) is 37.4 Å². The summed E-state index contributed by atoms with van der Waals surface area (Å²) < 4.78 is 5.34. The number of likely N-dealkylation sites (tertiary alicyclic amines) is 1. The molecule has 6 heteroatoms. The fourth-order valence-electron chi connectivity index (χ4n) is 2.74. The van der Waals surface area contributed by atoms with Gasteiger partial charge in [0.05, 0.1) is 13.0 Å². The van der Waals surface area contributed by atoms with Gasteiger partial charge >= 0.3 is 0 Å². The zero-order valence-electron chi connectivity index (χ0n) is 13.7. The minimum Gasteiger partial charge on any atom is -0.496 e. The van der Waals surface area contributed by atoms with Crippen LogP contribution in [0.2, 0.25) is 0 Å². The standard InChI is InChI=1S/C17H24N2O3S/c1-22-15-6-4-3-5-13(15)11-19-12-14(7-8-16(19)20)17(21)18-9-10-23-2/h3-6,14H,7-12H2,1-2H3,(H,18,21)/t14-/m1/s1. The fraction of sp³-hybridized carbons (Fsp3) is 0.529. The van der Waals surface area contributed by atoms with Crippen LogP contribution in [-0.4, -0.2) is 48.9 Å². The van der Waals surface area contributed by atoms with Gasteiger partial charge < -0.3 is 15.0 Å². The van der Waals surface area contributed by atoms with Crippen molar-refractivity contribution in [2.75, 3.05) is 32.2 Å². The lowest BCUT2D eigenvalue weighted by Crippen LogP contribution is -2.45. The molecule has 1 N–H and O–H groups in total. The van der Waals surface area contributed by atoms with Crippen LogP contribution < -0.4 is 10.1 Å². The van der Waals surface area contributed by atoms with Crippen LogP contribution in [0.3, 0.4) is 0 Å². The minimum atomic E-state index is -0.121. The number of methoxy groups -OCH3 is 1. The average Bonchev–Trinajstić information content (AvgIpc) is 2.57. The second-order valence-corrected chi connectivity index (χ2v) is 6.59. The number of nitrogens with one attached hydrogen (secondary N) is 1. The number of nitrogens with zero attached hydrogens (tertiary/aromatic N) is 1. The van der Waals surface area contributed by atoms with Crippen molar-refractivity contribution in [3.05, 3.63) is 29.8 Å². The van der Waals surface area contributed by atoms with Crippen LogP contribution in [0.4, 0.5) is 0 Å². The number of rotatable bonds is 7. The van der Waals surface area contributed by atoms with Crippen molar-refractivity contribution >= 4 is 23.6 Å². The van der Waals surface area contributed by atoms with Gasteiger partial charge in [0.15, 0.2) is 0 Å². The second-order valence-electron chi connectivity index (χ2n) is 5.61. The van der Waals surface area contributed by atoms with E-state index in [4.69, 9.17) is 4.74 Å². The van der Waals surface area contributed by atoms with Crippen molar-refractivity contribution in [1.82, 2.24) is 10.2 Å². The molecule has 0 bridgehead atoms. The van der Waals surface area contributed by atoms with Gasteiger partial charge in [-0.2, -0.15) is 11.8 Å². The van der Waals surface area contributed by atoms with Gasteiger partial charge in [-0.1, -0.05) is 18.2 Å². The predicted molar refractivity (Wildman–Crippen MR) is 92.5 cm³/mol. The Morgan fingerprint density at radius 1 is 1.43 bits per heavy atom. The molecular formula is C17H24N2O3S. The first-order valence-electron chi connectivity index (χ1n) is 7.82. The highest BCUT2D eigenvalue weighted by molar-refractivity contribution is 7.98. The Hall–Kier alpha value is -1.69. The summed E-state index contributed by atoms with van der Waals surface area (Å²) in [5, 5.41) is 2.95. The largest absolute Gasteiger partial charge is 0.496 e. The Morgan fingerprint density at radius 2 is 2.22 bits per heavy atom. The zero-order valence-corrected chi connectivity index (χ0v) is 14.5. The summed E-state index contributed by atoms with van der Waals surface area (Å²) in [5.74, 6) is 1.71. The smallest absolute Gasteiger partial charge is 0.224 e. The molecular weight excluding hydrogens is 312 g/mol. The van der Waals surface area contributed by atoms with Crippen molar-refractivity contribution in [2.24, 2.45) is 5.92 Å². The van der Waals surface area contributed by atoms with Crippen molar-refractivity contribution in [2.45, 2.75) is 19.4 Å². The van der Waals surface area contributed by atoms with Crippen LogP contribution in [-0.2, 0) is 16.1 Å². The number of para-hydroxylation sites is 1. The molecule has 1 saturated heterocycles. The highest BCUT2D eigenvalue weighted by atomic mass is 32.2. The molecule has 0 saturated carbocycles. The van der Waals surface area contributed by atoms with Gasteiger partial charge in [-0.05, 0) is 18.7 Å². The van der Waals surface area contributed by atoms with Crippen LogP contribution in [0.5, 0.6) is 5.75 Å². The molecule has 1 aliphatic heterocycles. The summed E-state index contributed by atoms with van der Waals surface area (Å²) in [5.41, 5.74) is 0.965. The van der Waals surface area contributed by atoms with E-state index in [9.17, 15) is 9.59 Å². The number of amides is 2. The van der Waals surface area contributed by atoms with E-state index in [0.717, 1.165) is 17.1 Å². The monoisotopic (exact) mass is 336 g/mol. The van der Waals surface area contributed by atoms with Crippen molar-refractivity contribution < 1.29 is 14.3 Å². The maximum Gasteiger partial charge on any atom is 0.224 e. The number of carbonyl (C=O) groups excluding carboxylic acids is 2. The highest BCUT2D eigenvalue weighted by Gasteiger charge is 2.30. The van der Waals surface area contributed by atoms with Crippen LogP contribution in [0.25, 0.3) is 0 Å². The van der Waals surface area contributed by atoms with Crippen molar-refractivity contribution in [3.8, 4) is 5.75 Å². The molecule has 0 spiro atoms. The third-order valence-corrected chi connectivity index (χ3v) is 4.64. The van der Waals surface area contributed by atoms with Crippen LogP contribution >= 0.6 is 11.8 Å². The average molecular weight is 336 g/mol. The van der Waals surface area contributed by atoms with Gasteiger partial charge in [0.25, 0.3) is 0 Å². The molecule has 0 unspecified atom stereocenters. The van der Waals surface area contributed by atoms with E-state index >= 15 is 0 Å². The molecule has 0 aromatic heterocycles. The van der Waals surface area contributed by atoms with Crippen LogP contribution in [0.15, 0.2) is 24.3 Å². The quantitative estimate of drug-likeness (QED) is 0.773. The predicted octanol–water partition coefficient (Wildman–Crippen LogP) is 1.91. The van der Waals surface area contributed by atoms with Crippen molar-refractivity contribution in [1.29, 1.82) is 0 Å². The Labute approximate surface area is 141 Å². The topological polar surface area (TPSA) is 58.6 Å². The Kier molecular flexibility index (Phi) is 6.77. The van der Waals surface area contributed by atoms with Crippen molar-refractivity contribution in [3.63, 3.8) is 0 Å². The third kappa shape index (κ3) is 4.89. The number of carbonyl (C=O) groups is 2. The fourth-order valence-corrected chi connectivity index (χ4v) is 3.05. The summed E-state index contributed by atoms with van der Waals surface area (Å²) in [7, 11) is 1.62. The molecule has 0 aliphatic carbocycles. The first-order chi connectivity index (χ1) is 11.2. The first kappa shape index (κ1) is 17.7. The lowest BCUT2D eigenvalue weighted by atomic mass is 9.96. The molecule has 0 radical (unpaired) electrons. The number of hydrogen-bond acceptors (Lipinski definition) is 4. The summed E-state index contributed by atoms with van der Waals surface area (Å²) in [6.45, 7) is 1.64. The summed E-state index contributed by atoms with van der Waals surface area (Å²) in [6.07, 6.45) is 3.07. The van der Waals surface area contributed by atoms with E-state index < -0.39 is 0 Å².